The molecular formula is C3H5PS. The van der Waals surface area contributed by atoms with Crippen LogP contribution in [-0.4, -0.2) is 10.8 Å². The van der Waals surface area contributed by atoms with Gasteiger partial charge in [0.1, 0.15) is 0 Å². The van der Waals surface area contributed by atoms with Crippen LogP contribution in [0.15, 0.2) is 0 Å². The van der Waals surface area contributed by atoms with E-state index in [0.717, 1.165) is 8.58 Å². The molecule has 1 aliphatic heterocycles. The zero-order chi connectivity index (χ0) is 3.70. The topological polar surface area (TPSA) is 0 Å². The molecule has 5 heavy (non-hydrogen) atoms. The molecule has 1 saturated heterocycles. The lowest BCUT2D eigenvalue weighted by atomic mass is 10.5. The fourth-order valence-corrected chi connectivity index (χ4v) is 1.29. The second-order valence-corrected chi connectivity index (χ2v) is 3.41. The molecule has 1 unspecified atom stereocenters. The third kappa shape index (κ3) is 0.675. The first kappa shape index (κ1) is 3.70. The van der Waals surface area contributed by atoms with Gasteiger partial charge in [0.25, 0.3) is 0 Å². The number of thiocarbonyl (C=S) groups is 1. The number of hydrogen-bond donors (Lipinski definition) is 0. The van der Waals surface area contributed by atoms with Crippen LogP contribution in [0.1, 0.15) is 6.42 Å². The second kappa shape index (κ2) is 1.32. The van der Waals surface area contributed by atoms with Gasteiger partial charge in [-0.2, -0.15) is 0 Å². The molecule has 0 aromatic heterocycles. The van der Waals surface area contributed by atoms with Crippen molar-refractivity contribution in [3.63, 3.8) is 0 Å². The maximum Gasteiger partial charge on any atom is 0.0135 e. The molecule has 0 aliphatic carbocycles. The fourth-order valence-electron chi connectivity index (χ4n) is 0.227. The minimum absolute atomic E-state index is 1.03. The smallest absolute Gasteiger partial charge is 0.0135 e. The molecule has 0 aromatic rings. The van der Waals surface area contributed by atoms with Crippen molar-refractivity contribution in [1.82, 2.24) is 0 Å². The third-order valence-corrected chi connectivity index (χ3v) is 2.46. The molecule has 0 spiro atoms. The molecule has 28 valence electrons. The van der Waals surface area contributed by atoms with Gasteiger partial charge in [-0.1, -0.05) is 20.8 Å². The monoisotopic (exact) mass is 104 g/mol. The van der Waals surface area contributed by atoms with E-state index in [1.54, 1.807) is 0 Å². The summed E-state index contributed by atoms with van der Waals surface area (Å²) in [5.74, 6) is 0. The van der Waals surface area contributed by atoms with E-state index in [1.807, 2.05) is 0 Å². The van der Waals surface area contributed by atoms with Crippen molar-refractivity contribution in [3.05, 3.63) is 0 Å². The molecule has 0 N–H and O–H groups in total. The quantitative estimate of drug-likeness (QED) is 0.330. The standard InChI is InChI=1S/C3H5PS/c5-3-1-2-4-3/h4H,1-2H2. The van der Waals surface area contributed by atoms with Crippen LogP contribution >= 0.6 is 20.8 Å². The second-order valence-electron chi connectivity index (χ2n) is 1.10. The average molecular weight is 104 g/mol. The Morgan fingerprint density at radius 2 is 2.20 bits per heavy atom. The minimum atomic E-state index is 1.03. The maximum atomic E-state index is 4.80. The van der Waals surface area contributed by atoms with Crippen LogP contribution in [0.2, 0.25) is 0 Å². The molecule has 0 amide bonds. The molecule has 1 rings (SSSR count). The van der Waals surface area contributed by atoms with E-state index in [1.165, 1.54) is 17.2 Å². The van der Waals surface area contributed by atoms with Gasteiger partial charge in [0.05, 0.1) is 0 Å². The Morgan fingerprint density at radius 3 is 2.20 bits per heavy atom. The van der Waals surface area contributed by atoms with Gasteiger partial charge >= 0.3 is 0 Å². The van der Waals surface area contributed by atoms with Gasteiger partial charge in [0.2, 0.25) is 0 Å². The Bertz CT molecular complexity index is 53.9. The highest BCUT2D eigenvalue weighted by Crippen LogP contribution is 2.28. The van der Waals surface area contributed by atoms with Crippen LogP contribution in [-0.2, 0) is 0 Å². The van der Waals surface area contributed by atoms with Gasteiger partial charge < -0.3 is 0 Å². The molecular weight excluding hydrogens is 99.1 g/mol. The van der Waals surface area contributed by atoms with Gasteiger partial charge in [0, 0.05) is 4.61 Å². The lowest BCUT2D eigenvalue weighted by molar-refractivity contribution is 1.32. The zero-order valence-electron chi connectivity index (χ0n) is 2.82. The molecule has 0 bridgehead atoms. The summed E-state index contributed by atoms with van der Waals surface area (Å²) in [5.41, 5.74) is 0. The van der Waals surface area contributed by atoms with E-state index < -0.39 is 0 Å². The molecule has 0 aromatic carbocycles. The van der Waals surface area contributed by atoms with Crippen molar-refractivity contribution in [1.29, 1.82) is 0 Å². The summed E-state index contributed by atoms with van der Waals surface area (Å²) in [5, 5.41) is 0. The van der Waals surface area contributed by atoms with Gasteiger partial charge in [-0.15, -0.1) is 0 Å². The first-order chi connectivity index (χ1) is 2.39. The normalized spacial score (nSPS) is 26.8. The highest BCUT2D eigenvalue weighted by molar-refractivity contribution is 7.94. The van der Waals surface area contributed by atoms with E-state index in [-0.39, 0.29) is 0 Å². The van der Waals surface area contributed by atoms with E-state index >= 15 is 0 Å². The van der Waals surface area contributed by atoms with Crippen LogP contribution in [0.5, 0.6) is 0 Å². The Kier molecular flexibility index (Phi) is 0.975. The highest BCUT2D eigenvalue weighted by Gasteiger charge is 2.04. The van der Waals surface area contributed by atoms with Gasteiger partial charge in [-0.3, -0.25) is 0 Å². The third-order valence-electron chi connectivity index (χ3n) is 0.674. The largest absolute Gasteiger partial charge is 0.0847 e. The van der Waals surface area contributed by atoms with Crippen molar-refractivity contribution in [2.24, 2.45) is 0 Å². The summed E-state index contributed by atoms with van der Waals surface area (Å²) < 4.78 is 1.30. The Hall–Kier alpha value is 0.520. The SMILES string of the molecule is S=C1CCP1. The van der Waals surface area contributed by atoms with E-state index in [2.05, 4.69) is 0 Å². The van der Waals surface area contributed by atoms with Gasteiger partial charge in [-0.25, -0.2) is 0 Å². The van der Waals surface area contributed by atoms with Crippen LogP contribution in [0, 0.1) is 0 Å². The van der Waals surface area contributed by atoms with Crippen LogP contribution in [0.3, 0.4) is 0 Å². The molecule has 1 fully saturated rings. The van der Waals surface area contributed by atoms with E-state index in [4.69, 9.17) is 12.2 Å². The highest BCUT2D eigenvalue weighted by atomic mass is 32.1. The molecule has 0 nitrogen and oxygen atoms in total. The first-order valence-corrected chi connectivity index (χ1v) is 3.28. The molecule has 0 saturated carbocycles. The lowest BCUT2D eigenvalue weighted by Crippen LogP contribution is -1.99. The summed E-state index contributed by atoms with van der Waals surface area (Å²) in [6.07, 6.45) is 2.60. The molecule has 1 aliphatic rings. The first-order valence-electron chi connectivity index (χ1n) is 1.66. The minimum Gasteiger partial charge on any atom is -0.0847 e. The molecule has 1 heterocycles. The lowest BCUT2D eigenvalue weighted by Gasteiger charge is -2.09. The van der Waals surface area contributed by atoms with Crippen molar-refractivity contribution >= 4 is 25.4 Å². The Balaban J connectivity index is 2.32. The fraction of sp³-hybridized carbons (Fsp3) is 0.667. The average Bonchev–Trinajstić information content (AvgIpc) is 1.30. The predicted octanol–water partition coefficient (Wildman–Crippen LogP) is 1.40. The van der Waals surface area contributed by atoms with Crippen LogP contribution in [0.4, 0.5) is 0 Å². The van der Waals surface area contributed by atoms with Crippen LogP contribution in [0.25, 0.3) is 0 Å². The van der Waals surface area contributed by atoms with Gasteiger partial charge in [-0.05, 0) is 12.6 Å². The van der Waals surface area contributed by atoms with Crippen molar-refractivity contribution in [3.8, 4) is 0 Å². The van der Waals surface area contributed by atoms with E-state index in [9.17, 15) is 0 Å². The van der Waals surface area contributed by atoms with Crippen molar-refractivity contribution in [2.45, 2.75) is 6.42 Å². The summed E-state index contributed by atoms with van der Waals surface area (Å²) in [4.78, 5) is 0. The summed E-state index contributed by atoms with van der Waals surface area (Å²) >= 11 is 4.80. The molecule has 1 atom stereocenters. The van der Waals surface area contributed by atoms with E-state index in [0.29, 0.717) is 0 Å². The molecule has 2 heteroatoms. The zero-order valence-corrected chi connectivity index (χ0v) is 4.64. The number of hydrogen-bond acceptors (Lipinski definition) is 1. The summed E-state index contributed by atoms with van der Waals surface area (Å²) in [6.45, 7) is 0. The van der Waals surface area contributed by atoms with Gasteiger partial charge in [0.15, 0.2) is 0 Å². The Morgan fingerprint density at radius 1 is 1.80 bits per heavy atom. The molecule has 0 radical (unpaired) electrons. The predicted molar refractivity (Wildman–Crippen MR) is 30.4 cm³/mol. The Labute approximate surface area is 38.7 Å². The number of rotatable bonds is 0. The summed E-state index contributed by atoms with van der Waals surface area (Å²) in [7, 11) is 1.03. The van der Waals surface area contributed by atoms with Crippen LogP contribution < -0.4 is 0 Å². The van der Waals surface area contributed by atoms with Crippen molar-refractivity contribution in [2.75, 3.05) is 6.16 Å². The maximum absolute atomic E-state index is 4.80. The van der Waals surface area contributed by atoms with Crippen molar-refractivity contribution < 1.29 is 0 Å². The summed E-state index contributed by atoms with van der Waals surface area (Å²) in [6, 6.07) is 0.